The Morgan fingerprint density at radius 2 is 1.46 bits per heavy atom. The average Bonchev–Trinajstić information content (AvgIpc) is 2.88. The van der Waals surface area contributed by atoms with Crippen LogP contribution in [0.3, 0.4) is 0 Å². The zero-order chi connectivity index (χ0) is 26.8. The topological polar surface area (TPSA) is 104 Å². The summed E-state index contributed by atoms with van der Waals surface area (Å²) in [4.78, 5) is 26.6. The van der Waals surface area contributed by atoms with Gasteiger partial charge in [0.1, 0.15) is 0 Å². The predicted molar refractivity (Wildman–Crippen MR) is 129 cm³/mol. The molecule has 2 N–H and O–H groups in total. The summed E-state index contributed by atoms with van der Waals surface area (Å²) >= 11 is 0. The first-order valence-electron chi connectivity index (χ1n) is 12.2. The molecule has 0 bridgehead atoms. The molecule has 2 aromatic carbocycles. The van der Waals surface area contributed by atoms with E-state index in [0.29, 0.717) is 38.5 Å². The fraction of sp³-hybridized carbons (Fsp3) is 0.462. The largest absolute Gasteiger partial charge is 0.481 e. The predicted octanol–water partition coefficient (Wildman–Crippen LogP) is 4.61. The van der Waals surface area contributed by atoms with E-state index in [9.17, 15) is 36.3 Å². The van der Waals surface area contributed by atoms with E-state index < -0.39 is 39.7 Å². The van der Waals surface area contributed by atoms with Crippen molar-refractivity contribution in [3.63, 3.8) is 0 Å². The molecule has 0 unspecified atom stereocenters. The number of hydrogen-bond donors (Lipinski definition) is 2. The molecular formula is C26H29F3N2O5S. The van der Waals surface area contributed by atoms with Gasteiger partial charge in [-0.3, -0.25) is 9.59 Å². The zero-order valence-electron chi connectivity index (χ0n) is 20.0. The maximum Gasteiger partial charge on any atom is 0.416 e. The van der Waals surface area contributed by atoms with Gasteiger partial charge in [0.15, 0.2) is 0 Å². The quantitative estimate of drug-likeness (QED) is 0.559. The summed E-state index contributed by atoms with van der Waals surface area (Å²) < 4.78 is 66.3. The number of nitrogens with one attached hydrogen (secondary N) is 1. The van der Waals surface area contributed by atoms with Crippen LogP contribution in [0, 0.1) is 11.8 Å². The van der Waals surface area contributed by atoms with Crippen LogP contribution in [-0.2, 0) is 25.8 Å². The van der Waals surface area contributed by atoms with Gasteiger partial charge < -0.3 is 10.0 Å². The van der Waals surface area contributed by atoms with Crippen molar-refractivity contribution >= 4 is 21.9 Å². The van der Waals surface area contributed by atoms with E-state index in [1.165, 1.54) is 0 Å². The Morgan fingerprint density at radius 1 is 0.865 bits per heavy atom. The molecule has 2 atom stereocenters. The van der Waals surface area contributed by atoms with Gasteiger partial charge in [0, 0.05) is 18.5 Å². The number of benzene rings is 2. The van der Waals surface area contributed by atoms with Gasteiger partial charge in [-0.2, -0.15) is 13.2 Å². The number of carbonyl (C=O) groups excluding carboxylic acids is 1. The molecule has 0 aromatic heterocycles. The Kier molecular flexibility index (Phi) is 7.94. The third-order valence-electron chi connectivity index (χ3n) is 7.29. The molecule has 2 aromatic rings. The van der Waals surface area contributed by atoms with Gasteiger partial charge >= 0.3 is 12.1 Å². The standard InChI is InChI=1S/C26H29F3N2O5S/c27-26(28,29)20-9-13-22(14-10-20)37(35,36)30-21-11-6-18(7-12-21)24(32)31-16-19(25(33)34)8-15-23(31)17-4-2-1-3-5-17/h1-5,9-10,13-14,18-19,21,23,30H,6-8,11-12,15-16H2,(H,33,34)/t18-,19-,21-,23-/m1/s1. The Bertz CT molecular complexity index is 1210. The van der Waals surface area contributed by atoms with Crippen molar-refractivity contribution in [2.45, 2.75) is 61.7 Å². The first-order valence-corrected chi connectivity index (χ1v) is 13.7. The number of aliphatic carboxylic acids is 1. The Labute approximate surface area is 213 Å². The van der Waals surface area contributed by atoms with Crippen LogP contribution in [0.4, 0.5) is 13.2 Å². The number of sulfonamides is 1. The molecule has 0 radical (unpaired) electrons. The number of piperidine rings is 1. The molecular weight excluding hydrogens is 509 g/mol. The van der Waals surface area contributed by atoms with Gasteiger partial charge in [0.25, 0.3) is 0 Å². The van der Waals surface area contributed by atoms with Crippen LogP contribution in [-0.4, -0.2) is 42.9 Å². The Balaban J connectivity index is 1.40. The minimum Gasteiger partial charge on any atom is -0.481 e. The van der Waals surface area contributed by atoms with E-state index in [2.05, 4.69) is 4.72 Å². The van der Waals surface area contributed by atoms with Gasteiger partial charge in [0.2, 0.25) is 15.9 Å². The smallest absolute Gasteiger partial charge is 0.416 e. The fourth-order valence-electron chi connectivity index (χ4n) is 5.24. The lowest BCUT2D eigenvalue weighted by atomic mass is 9.83. The summed E-state index contributed by atoms with van der Waals surface area (Å²) in [6.07, 6.45) is -1.89. The number of carboxylic acid groups (broad SMARTS) is 1. The number of amides is 1. The van der Waals surface area contributed by atoms with Crippen LogP contribution in [0.25, 0.3) is 0 Å². The highest BCUT2D eigenvalue weighted by molar-refractivity contribution is 7.89. The summed E-state index contributed by atoms with van der Waals surface area (Å²) in [6.45, 7) is 0.133. The molecule has 1 aliphatic carbocycles. The van der Waals surface area contributed by atoms with Crippen LogP contribution in [0.1, 0.15) is 55.7 Å². The highest BCUT2D eigenvalue weighted by Crippen LogP contribution is 2.37. The van der Waals surface area contributed by atoms with E-state index >= 15 is 0 Å². The minimum atomic E-state index is -4.56. The van der Waals surface area contributed by atoms with Crippen molar-refractivity contribution in [1.29, 1.82) is 0 Å². The molecule has 11 heteroatoms. The summed E-state index contributed by atoms with van der Waals surface area (Å²) in [6, 6.07) is 12.2. The summed E-state index contributed by atoms with van der Waals surface area (Å²) in [5, 5.41) is 9.54. The molecule has 2 aliphatic rings. The van der Waals surface area contributed by atoms with Gasteiger partial charge in [-0.15, -0.1) is 0 Å². The number of carbonyl (C=O) groups is 2. The van der Waals surface area contributed by atoms with Crippen LogP contribution in [0.2, 0.25) is 0 Å². The number of carboxylic acids is 1. The van der Waals surface area contributed by atoms with Gasteiger partial charge in [-0.1, -0.05) is 30.3 Å². The number of alkyl halides is 3. The monoisotopic (exact) mass is 538 g/mol. The third-order valence-corrected chi connectivity index (χ3v) is 8.83. The number of nitrogens with zero attached hydrogens (tertiary/aromatic N) is 1. The van der Waals surface area contributed by atoms with Crippen LogP contribution in [0.5, 0.6) is 0 Å². The first-order chi connectivity index (χ1) is 17.5. The highest BCUT2D eigenvalue weighted by Gasteiger charge is 2.39. The SMILES string of the molecule is O=C(O)[C@@H]1CC[C@H](c2ccccc2)N(C(=O)[C@H]2CC[C@H](NS(=O)(=O)c3ccc(C(F)(F)F)cc3)CC2)C1. The fourth-order valence-corrected chi connectivity index (χ4v) is 6.55. The van der Waals surface area contributed by atoms with E-state index in [4.69, 9.17) is 0 Å². The molecule has 1 saturated carbocycles. The van der Waals surface area contributed by atoms with Crippen LogP contribution >= 0.6 is 0 Å². The molecule has 1 aliphatic heterocycles. The minimum absolute atomic E-state index is 0.121. The Hall–Kier alpha value is -2.92. The molecule has 1 saturated heterocycles. The van der Waals surface area contributed by atoms with Gasteiger partial charge in [-0.25, -0.2) is 13.1 Å². The van der Waals surface area contributed by atoms with E-state index in [-0.39, 0.29) is 29.3 Å². The maximum atomic E-state index is 13.5. The second-order valence-electron chi connectivity index (χ2n) is 9.72. The van der Waals surface area contributed by atoms with Gasteiger partial charge in [-0.05, 0) is 68.4 Å². The van der Waals surface area contributed by atoms with Gasteiger partial charge in [0.05, 0.1) is 22.4 Å². The number of hydrogen-bond acceptors (Lipinski definition) is 4. The lowest BCUT2D eigenvalue weighted by Gasteiger charge is -2.41. The molecule has 0 spiro atoms. The zero-order valence-corrected chi connectivity index (χ0v) is 20.8. The highest BCUT2D eigenvalue weighted by atomic mass is 32.2. The molecule has 37 heavy (non-hydrogen) atoms. The van der Waals surface area contributed by atoms with Crippen molar-refractivity contribution < 1.29 is 36.3 Å². The normalized spacial score (nSPS) is 25.0. The average molecular weight is 539 g/mol. The maximum absolute atomic E-state index is 13.5. The molecule has 1 amide bonds. The van der Waals surface area contributed by atoms with Crippen molar-refractivity contribution in [3.8, 4) is 0 Å². The molecule has 4 rings (SSSR count). The second kappa shape index (κ2) is 10.8. The number of rotatable bonds is 6. The summed E-state index contributed by atoms with van der Waals surface area (Å²) in [5.74, 6) is -2.03. The number of likely N-dealkylation sites (tertiary alicyclic amines) is 1. The lowest BCUT2D eigenvalue weighted by molar-refractivity contribution is -0.149. The summed E-state index contributed by atoms with van der Waals surface area (Å²) in [7, 11) is -4.02. The van der Waals surface area contributed by atoms with Crippen molar-refractivity contribution in [2.75, 3.05) is 6.54 Å². The van der Waals surface area contributed by atoms with Crippen molar-refractivity contribution in [3.05, 3.63) is 65.7 Å². The van der Waals surface area contributed by atoms with Crippen molar-refractivity contribution in [1.82, 2.24) is 9.62 Å². The molecule has 1 heterocycles. The second-order valence-corrected chi connectivity index (χ2v) is 11.4. The first kappa shape index (κ1) is 27.1. The van der Waals surface area contributed by atoms with E-state index in [1.807, 2.05) is 30.3 Å². The lowest BCUT2D eigenvalue weighted by Crippen LogP contribution is -2.48. The van der Waals surface area contributed by atoms with E-state index in [1.54, 1.807) is 4.90 Å². The van der Waals surface area contributed by atoms with E-state index in [0.717, 1.165) is 29.8 Å². The number of halogens is 3. The molecule has 7 nitrogen and oxygen atoms in total. The molecule has 200 valence electrons. The van der Waals surface area contributed by atoms with Crippen molar-refractivity contribution in [2.24, 2.45) is 11.8 Å². The van der Waals surface area contributed by atoms with Crippen LogP contribution in [0.15, 0.2) is 59.5 Å². The molecule has 2 fully saturated rings. The third kappa shape index (κ3) is 6.32. The summed E-state index contributed by atoms with van der Waals surface area (Å²) in [5.41, 5.74) is 0.0276. The van der Waals surface area contributed by atoms with Crippen LogP contribution < -0.4 is 4.72 Å². The Morgan fingerprint density at radius 3 is 2.03 bits per heavy atom.